The van der Waals surface area contributed by atoms with Crippen LogP contribution in [0.3, 0.4) is 0 Å². The van der Waals surface area contributed by atoms with Crippen molar-refractivity contribution in [2.75, 3.05) is 13.2 Å². The molecular weight excluding hydrogens is 628 g/mol. The number of nitro benzene ring substituents is 2. The summed E-state index contributed by atoms with van der Waals surface area (Å²) < 4.78 is 12.8. The fourth-order valence-electron chi connectivity index (χ4n) is 5.72. The maximum atomic E-state index is 11.1. The van der Waals surface area contributed by atoms with E-state index in [2.05, 4.69) is 13.8 Å². The minimum absolute atomic E-state index is 0.0531. The van der Waals surface area contributed by atoms with Crippen molar-refractivity contribution in [3.8, 4) is 11.5 Å². The van der Waals surface area contributed by atoms with Gasteiger partial charge in [-0.05, 0) is 60.4 Å². The predicted molar refractivity (Wildman–Crippen MR) is 207 cm³/mol. The first kappa shape index (κ1) is 40.0. The predicted octanol–water partition coefficient (Wildman–Crippen LogP) is 12.9. The van der Waals surface area contributed by atoms with Gasteiger partial charge in [0.15, 0.2) is 0 Å². The molecule has 0 heterocycles. The Kier molecular flexibility index (Phi) is 19.0. The van der Waals surface area contributed by atoms with Gasteiger partial charge in [0.2, 0.25) is 0 Å². The molecular formula is C42H56N2O6. The summed E-state index contributed by atoms with van der Waals surface area (Å²) in [6, 6.07) is 17.0. The van der Waals surface area contributed by atoms with Crippen LogP contribution in [0.1, 0.15) is 139 Å². The Hall–Kier alpha value is -4.46. The molecule has 0 unspecified atom stereocenters. The summed E-state index contributed by atoms with van der Waals surface area (Å²) in [5, 5.41) is 22.3. The van der Waals surface area contributed by atoms with Crippen LogP contribution in [0.5, 0.6) is 11.5 Å². The molecule has 0 fully saturated rings. The van der Waals surface area contributed by atoms with Gasteiger partial charge in [-0.25, -0.2) is 0 Å². The van der Waals surface area contributed by atoms with Gasteiger partial charge in [0.05, 0.1) is 23.1 Å². The fourth-order valence-corrected chi connectivity index (χ4v) is 5.72. The second-order valence-corrected chi connectivity index (χ2v) is 12.9. The molecule has 0 atom stereocenters. The van der Waals surface area contributed by atoms with Crippen molar-refractivity contribution in [3.63, 3.8) is 0 Å². The second kappa shape index (κ2) is 23.8. The van der Waals surface area contributed by atoms with Crippen molar-refractivity contribution in [3.05, 3.63) is 103 Å². The van der Waals surface area contributed by atoms with Crippen LogP contribution in [0.2, 0.25) is 0 Å². The molecule has 0 radical (unpaired) electrons. The monoisotopic (exact) mass is 684 g/mol. The van der Waals surface area contributed by atoms with Gasteiger partial charge in [0.25, 0.3) is 11.4 Å². The molecule has 3 aromatic rings. The largest absolute Gasteiger partial charge is 0.493 e. The molecule has 0 aliphatic heterocycles. The number of non-ortho nitro benzene ring substituents is 2. The lowest BCUT2D eigenvalue weighted by atomic mass is 10.0. The van der Waals surface area contributed by atoms with E-state index in [0.717, 1.165) is 59.4 Å². The highest BCUT2D eigenvalue weighted by atomic mass is 16.6. The summed E-state index contributed by atoms with van der Waals surface area (Å²) in [5.74, 6) is 1.46. The Labute approximate surface area is 298 Å². The first-order chi connectivity index (χ1) is 24.4. The lowest BCUT2D eigenvalue weighted by molar-refractivity contribution is -0.385. The highest BCUT2D eigenvalue weighted by Gasteiger charge is 2.11. The quantitative estimate of drug-likeness (QED) is 0.0361. The third-order valence-electron chi connectivity index (χ3n) is 8.77. The van der Waals surface area contributed by atoms with E-state index in [9.17, 15) is 20.2 Å². The maximum Gasteiger partial charge on any atom is 0.269 e. The van der Waals surface area contributed by atoms with Crippen LogP contribution in [0.25, 0.3) is 24.3 Å². The molecule has 0 spiro atoms. The molecule has 0 aliphatic rings. The molecule has 270 valence electrons. The molecule has 0 bridgehead atoms. The molecule has 50 heavy (non-hydrogen) atoms. The highest BCUT2D eigenvalue weighted by Crippen LogP contribution is 2.33. The minimum atomic E-state index is -0.399. The van der Waals surface area contributed by atoms with Crippen molar-refractivity contribution in [2.24, 2.45) is 0 Å². The van der Waals surface area contributed by atoms with Crippen molar-refractivity contribution >= 4 is 35.7 Å². The molecule has 3 rings (SSSR count). The number of hydrogen-bond donors (Lipinski definition) is 0. The molecule has 0 N–H and O–H groups in total. The first-order valence-electron chi connectivity index (χ1n) is 18.7. The third kappa shape index (κ3) is 15.4. The molecule has 0 aromatic heterocycles. The van der Waals surface area contributed by atoms with Gasteiger partial charge in [0, 0.05) is 35.4 Å². The molecule has 0 aliphatic carbocycles. The van der Waals surface area contributed by atoms with Crippen LogP contribution in [0.4, 0.5) is 11.4 Å². The van der Waals surface area contributed by atoms with Crippen LogP contribution < -0.4 is 9.47 Å². The van der Waals surface area contributed by atoms with E-state index in [1.54, 1.807) is 24.3 Å². The van der Waals surface area contributed by atoms with Crippen LogP contribution >= 0.6 is 0 Å². The van der Waals surface area contributed by atoms with E-state index in [-0.39, 0.29) is 11.4 Å². The lowest BCUT2D eigenvalue weighted by Gasteiger charge is -2.15. The Bertz CT molecular complexity index is 1370. The van der Waals surface area contributed by atoms with Gasteiger partial charge in [-0.15, -0.1) is 0 Å². The molecule has 8 nitrogen and oxygen atoms in total. The SMILES string of the molecule is CCCCCCCCCCOc1cc(/C=C/c2ccc([N+](=O)[O-])cc2)c(OCCCCCCCCCC)cc1/C=C/c1ccc([N+](=O)[O-])cc1. The van der Waals surface area contributed by atoms with Crippen molar-refractivity contribution in [1.29, 1.82) is 0 Å². The number of rotatable bonds is 26. The zero-order valence-electron chi connectivity index (χ0n) is 30.2. The lowest BCUT2D eigenvalue weighted by Crippen LogP contribution is -2.03. The van der Waals surface area contributed by atoms with E-state index in [1.165, 1.54) is 101 Å². The standard InChI is InChI=1S/C42H56N2O6/c1-3-5-7-9-11-13-15-17-31-49-41-33-38(26-20-36-23-29-40(30-24-36)44(47)48)42(50-32-18-16-14-12-10-8-6-4-2)34-37(41)25-19-35-21-27-39(28-22-35)43(45)46/h19-30,33-34H,3-18,31-32H2,1-2H3/b25-19+,26-20+. The summed E-state index contributed by atoms with van der Waals surface area (Å²) in [5.41, 5.74) is 3.51. The first-order valence-corrected chi connectivity index (χ1v) is 18.7. The smallest absolute Gasteiger partial charge is 0.269 e. The van der Waals surface area contributed by atoms with Crippen LogP contribution in [-0.4, -0.2) is 23.1 Å². The topological polar surface area (TPSA) is 105 Å². The van der Waals surface area contributed by atoms with Gasteiger partial charge in [0.1, 0.15) is 11.5 Å². The van der Waals surface area contributed by atoms with Crippen molar-refractivity contribution < 1.29 is 19.3 Å². The Morgan fingerprint density at radius 2 is 0.800 bits per heavy atom. The average molecular weight is 685 g/mol. The zero-order chi connectivity index (χ0) is 35.8. The number of hydrogen-bond acceptors (Lipinski definition) is 6. The van der Waals surface area contributed by atoms with E-state index >= 15 is 0 Å². The maximum absolute atomic E-state index is 11.1. The van der Waals surface area contributed by atoms with E-state index < -0.39 is 9.85 Å². The summed E-state index contributed by atoms with van der Waals surface area (Å²) >= 11 is 0. The Morgan fingerprint density at radius 1 is 0.480 bits per heavy atom. The van der Waals surface area contributed by atoms with Gasteiger partial charge in [-0.2, -0.15) is 0 Å². The fraction of sp³-hybridized carbons (Fsp3) is 0.476. The second-order valence-electron chi connectivity index (χ2n) is 12.9. The van der Waals surface area contributed by atoms with Crippen LogP contribution in [-0.2, 0) is 0 Å². The minimum Gasteiger partial charge on any atom is -0.493 e. The molecule has 0 saturated heterocycles. The molecule has 8 heteroatoms. The highest BCUT2D eigenvalue weighted by molar-refractivity contribution is 5.79. The van der Waals surface area contributed by atoms with Gasteiger partial charge >= 0.3 is 0 Å². The van der Waals surface area contributed by atoms with Crippen molar-refractivity contribution in [2.45, 2.75) is 117 Å². The summed E-state index contributed by atoms with van der Waals surface area (Å²) in [4.78, 5) is 21.5. The Balaban J connectivity index is 1.82. The van der Waals surface area contributed by atoms with Gasteiger partial charge < -0.3 is 9.47 Å². The molecule has 3 aromatic carbocycles. The normalized spacial score (nSPS) is 11.4. The van der Waals surface area contributed by atoms with Crippen LogP contribution in [0, 0.1) is 20.2 Å². The van der Waals surface area contributed by atoms with E-state index in [4.69, 9.17) is 9.47 Å². The molecule has 0 amide bonds. The third-order valence-corrected chi connectivity index (χ3v) is 8.77. The van der Waals surface area contributed by atoms with E-state index in [1.807, 2.05) is 36.4 Å². The van der Waals surface area contributed by atoms with Crippen molar-refractivity contribution in [1.82, 2.24) is 0 Å². The number of benzene rings is 3. The summed E-state index contributed by atoms with van der Waals surface area (Å²) in [6.07, 6.45) is 27.2. The number of nitro groups is 2. The van der Waals surface area contributed by atoms with E-state index in [0.29, 0.717) is 13.2 Å². The number of ether oxygens (including phenoxy) is 2. The number of unbranched alkanes of at least 4 members (excludes halogenated alkanes) is 14. The average Bonchev–Trinajstić information content (AvgIpc) is 3.12. The summed E-state index contributed by atoms with van der Waals surface area (Å²) in [6.45, 7) is 5.66. The van der Waals surface area contributed by atoms with Crippen LogP contribution in [0.15, 0.2) is 60.7 Å². The number of nitrogens with zero attached hydrogens (tertiary/aromatic N) is 2. The van der Waals surface area contributed by atoms with Gasteiger partial charge in [-0.3, -0.25) is 20.2 Å². The van der Waals surface area contributed by atoms with Gasteiger partial charge in [-0.1, -0.05) is 128 Å². The molecule has 0 saturated carbocycles. The zero-order valence-corrected chi connectivity index (χ0v) is 30.2. The summed E-state index contributed by atoms with van der Waals surface area (Å²) in [7, 11) is 0. The Morgan fingerprint density at radius 3 is 1.12 bits per heavy atom.